The first kappa shape index (κ1) is 13.4. The van der Waals surface area contributed by atoms with Crippen LogP contribution in [0.3, 0.4) is 0 Å². The van der Waals surface area contributed by atoms with E-state index in [9.17, 15) is 22.8 Å². The minimum Gasteiger partial charge on any atom is -0.478 e. The van der Waals surface area contributed by atoms with Crippen LogP contribution in [0.4, 0.5) is 13.2 Å². The Morgan fingerprint density at radius 2 is 1.88 bits per heavy atom. The summed E-state index contributed by atoms with van der Waals surface area (Å²) in [5.41, 5.74) is -0.989. The molecule has 0 aliphatic carbocycles. The Balaban J connectivity index is 3.39. The lowest BCUT2D eigenvalue weighted by Crippen LogP contribution is -2.15. The Morgan fingerprint density at radius 3 is 2.35 bits per heavy atom. The monoisotopic (exact) mass is 266 g/mol. The predicted octanol–water partition coefficient (Wildman–Crippen LogP) is 1.64. The standard InChI is InChI=1S/C9H5F3O4S/c10-4-1-3(9(14)15)8(7(12)6(4)11)16-5(13)2-17/h1,17H,2H2,(H,14,15). The molecular weight excluding hydrogens is 261 g/mol. The highest BCUT2D eigenvalue weighted by Crippen LogP contribution is 2.27. The van der Waals surface area contributed by atoms with Gasteiger partial charge in [-0.25, -0.2) is 13.6 Å². The second kappa shape index (κ2) is 5.09. The maximum absolute atomic E-state index is 13.2. The zero-order valence-electron chi connectivity index (χ0n) is 8.04. The number of hydrogen-bond acceptors (Lipinski definition) is 4. The molecule has 0 spiro atoms. The average molecular weight is 266 g/mol. The third-order valence-electron chi connectivity index (χ3n) is 1.69. The number of esters is 1. The van der Waals surface area contributed by atoms with E-state index in [2.05, 4.69) is 17.4 Å². The van der Waals surface area contributed by atoms with E-state index in [4.69, 9.17) is 5.11 Å². The van der Waals surface area contributed by atoms with Gasteiger partial charge < -0.3 is 9.84 Å². The van der Waals surface area contributed by atoms with Crippen LogP contribution in [0.1, 0.15) is 10.4 Å². The molecule has 0 atom stereocenters. The van der Waals surface area contributed by atoms with Gasteiger partial charge in [-0.3, -0.25) is 4.79 Å². The second-order valence-corrected chi connectivity index (χ2v) is 3.12. The number of thiol groups is 1. The van der Waals surface area contributed by atoms with E-state index in [-0.39, 0.29) is 6.07 Å². The van der Waals surface area contributed by atoms with Gasteiger partial charge in [0, 0.05) is 0 Å². The molecule has 0 fully saturated rings. The smallest absolute Gasteiger partial charge is 0.339 e. The lowest BCUT2D eigenvalue weighted by Gasteiger charge is -2.08. The van der Waals surface area contributed by atoms with Gasteiger partial charge >= 0.3 is 11.9 Å². The van der Waals surface area contributed by atoms with Crippen molar-refractivity contribution in [2.75, 3.05) is 5.75 Å². The van der Waals surface area contributed by atoms with Crippen molar-refractivity contribution in [3.05, 3.63) is 29.1 Å². The van der Waals surface area contributed by atoms with E-state index in [1.807, 2.05) is 0 Å². The molecule has 92 valence electrons. The molecule has 0 saturated carbocycles. The molecule has 17 heavy (non-hydrogen) atoms. The quantitative estimate of drug-likeness (QED) is 0.378. The number of ether oxygens (including phenoxy) is 1. The maximum atomic E-state index is 13.2. The molecule has 0 saturated heterocycles. The number of halogens is 3. The minimum atomic E-state index is -1.92. The van der Waals surface area contributed by atoms with Gasteiger partial charge in [0.05, 0.1) is 5.75 Å². The van der Waals surface area contributed by atoms with Crippen molar-refractivity contribution in [2.45, 2.75) is 0 Å². The van der Waals surface area contributed by atoms with Crippen molar-refractivity contribution < 1.29 is 32.6 Å². The molecule has 4 nitrogen and oxygen atoms in total. The maximum Gasteiger partial charge on any atom is 0.339 e. The molecule has 0 radical (unpaired) electrons. The zero-order chi connectivity index (χ0) is 13.2. The van der Waals surface area contributed by atoms with Crippen molar-refractivity contribution in [2.24, 2.45) is 0 Å². The van der Waals surface area contributed by atoms with Gasteiger partial charge in [0.15, 0.2) is 17.4 Å². The molecule has 1 rings (SSSR count). The molecule has 0 heterocycles. The normalized spacial score (nSPS) is 10.1. The second-order valence-electron chi connectivity index (χ2n) is 2.80. The Bertz CT molecular complexity index is 490. The predicted molar refractivity (Wildman–Crippen MR) is 52.8 cm³/mol. The van der Waals surface area contributed by atoms with Crippen LogP contribution in [0.25, 0.3) is 0 Å². The largest absolute Gasteiger partial charge is 0.478 e. The van der Waals surface area contributed by atoms with Crippen LogP contribution in [-0.2, 0) is 4.79 Å². The number of carboxylic acid groups (broad SMARTS) is 1. The van der Waals surface area contributed by atoms with Crippen LogP contribution in [-0.4, -0.2) is 22.8 Å². The van der Waals surface area contributed by atoms with Crippen LogP contribution >= 0.6 is 12.6 Å². The molecule has 0 bridgehead atoms. The molecule has 0 unspecified atom stereocenters. The highest BCUT2D eigenvalue weighted by Gasteiger charge is 2.25. The fourth-order valence-corrected chi connectivity index (χ4v) is 1.05. The van der Waals surface area contributed by atoms with Crippen molar-refractivity contribution in [1.82, 2.24) is 0 Å². The van der Waals surface area contributed by atoms with Gasteiger partial charge in [-0.1, -0.05) is 0 Å². The van der Waals surface area contributed by atoms with Crippen LogP contribution in [0.5, 0.6) is 5.75 Å². The lowest BCUT2D eigenvalue weighted by molar-refractivity contribution is -0.131. The summed E-state index contributed by atoms with van der Waals surface area (Å²) >= 11 is 3.50. The zero-order valence-corrected chi connectivity index (χ0v) is 8.93. The molecule has 1 aromatic carbocycles. The molecule has 0 amide bonds. The summed E-state index contributed by atoms with van der Waals surface area (Å²) in [5, 5.41) is 8.62. The molecule has 0 aromatic heterocycles. The Morgan fingerprint density at radius 1 is 1.29 bits per heavy atom. The van der Waals surface area contributed by atoms with Crippen LogP contribution < -0.4 is 4.74 Å². The summed E-state index contributed by atoms with van der Waals surface area (Å²) in [6, 6.07) is 0.224. The highest BCUT2D eigenvalue weighted by atomic mass is 32.1. The van der Waals surface area contributed by atoms with Crippen molar-refractivity contribution in [3.8, 4) is 5.75 Å². The molecule has 0 aliphatic heterocycles. The van der Waals surface area contributed by atoms with Gasteiger partial charge in [-0.05, 0) is 6.07 Å². The number of rotatable bonds is 3. The van der Waals surface area contributed by atoms with E-state index < -0.39 is 46.5 Å². The van der Waals surface area contributed by atoms with E-state index >= 15 is 0 Å². The number of carbonyl (C=O) groups is 2. The minimum absolute atomic E-state index is 0.224. The third kappa shape index (κ3) is 2.70. The topological polar surface area (TPSA) is 63.6 Å². The number of carbonyl (C=O) groups excluding carboxylic acids is 1. The third-order valence-corrected chi connectivity index (χ3v) is 1.95. The van der Waals surface area contributed by atoms with Crippen LogP contribution in [0.2, 0.25) is 0 Å². The summed E-state index contributed by atoms with van der Waals surface area (Å²) in [4.78, 5) is 21.5. The van der Waals surface area contributed by atoms with Gasteiger partial charge in [0.2, 0.25) is 5.82 Å². The number of carboxylic acids is 1. The molecule has 1 aromatic rings. The number of benzene rings is 1. The Kier molecular flexibility index (Phi) is 4.00. The summed E-state index contributed by atoms with van der Waals surface area (Å²) in [5.74, 6) is -9.99. The molecule has 1 N–H and O–H groups in total. The van der Waals surface area contributed by atoms with Crippen LogP contribution in [0, 0.1) is 17.5 Å². The summed E-state index contributed by atoms with van der Waals surface area (Å²) in [6.07, 6.45) is 0. The van der Waals surface area contributed by atoms with Crippen molar-refractivity contribution in [3.63, 3.8) is 0 Å². The van der Waals surface area contributed by atoms with E-state index in [0.717, 1.165) is 0 Å². The van der Waals surface area contributed by atoms with E-state index in [1.165, 1.54) is 0 Å². The SMILES string of the molecule is O=C(CS)Oc1c(C(=O)O)cc(F)c(F)c1F. The van der Waals surface area contributed by atoms with Gasteiger partial charge in [0.1, 0.15) is 5.56 Å². The van der Waals surface area contributed by atoms with E-state index in [0.29, 0.717) is 0 Å². The van der Waals surface area contributed by atoms with Gasteiger partial charge in [-0.15, -0.1) is 0 Å². The van der Waals surface area contributed by atoms with E-state index in [1.54, 1.807) is 0 Å². The first-order valence-corrected chi connectivity index (χ1v) is 4.74. The molecule has 0 aliphatic rings. The first-order chi connectivity index (χ1) is 7.88. The lowest BCUT2D eigenvalue weighted by atomic mass is 10.2. The van der Waals surface area contributed by atoms with Crippen molar-refractivity contribution in [1.29, 1.82) is 0 Å². The van der Waals surface area contributed by atoms with Gasteiger partial charge in [-0.2, -0.15) is 17.0 Å². The summed E-state index contributed by atoms with van der Waals surface area (Å²) in [7, 11) is 0. The Hall–Kier alpha value is -1.70. The fourth-order valence-electron chi connectivity index (χ4n) is 0.983. The number of hydrogen-bond donors (Lipinski definition) is 2. The summed E-state index contributed by atoms with van der Waals surface area (Å²) < 4.78 is 43.0. The number of aromatic carboxylic acids is 1. The average Bonchev–Trinajstić information content (AvgIpc) is 2.28. The highest BCUT2D eigenvalue weighted by molar-refractivity contribution is 7.81. The first-order valence-electron chi connectivity index (χ1n) is 4.10. The summed E-state index contributed by atoms with van der Waals surface area (Å²) in [6.45, 7) is 0. The van der Waals surface area contributed by atoms with Gasteiger partial charge in [0.25, 0.3) is 0 Å². The Labute approximate surface area is 98.4 Å². The fraction of sp³-hybridized carbons (Fsp3) is 0.111. The van der Waals surface area contributed by atoms with Crippen molar-refractivity contribution >= 4 is 24.6 Å². The molecular formula is C9H5F3O4S. The van der Waals surface area contributed by atoms with Crippen LogP contribution in [0.15, 0.2) is 6.07 Å². The molecule has 8 heteroatoms.